The second kappa shape index (κ2) is 7.36. The van der Waals surface area contributed by atoms with Gasteiger partial charge in [0.2, 0.25) is 0 Å². The second-order valence-corrected chi connectivity index (χ2v) is 4.53. The maximum atomic E-state index is 12.2. The van der Waals surface area contributed by atoms with Crippen LogP contribution >= 0.6 is 0 Å². The molecule has 2 rings (SSSR count). The molecule has 1 aromatic rings. The van der Waals surface area contributed by atoms with Crippen molar-refractivity contribution in [2.24, 2.45) is 21.7 Å². The Morgan fingerprint density at radius 2 is 2.18 bits per heavy atom. The van der Waals surface area contributed by atoms with E-state index in [9.17, 15) is 4.79 Å². The van der Waals surface area contributed by atoms with Crippen LogP contribution in [-0.2, 0) is 9.53 Å². The molecule has 1 aromatic heterocycles. The van der Waals surface area contributed by atoms with Crippen LogP contribution in [0.15, 0.2) is 28.6 Å². The predicted octanol–water partition coefficient (Wildman–Crippen LogP) is -0.842. The van der Waals surface area contributed by atoms with Crippen LogP contribution in [0.3, 0.4) is 0 Å². The van der Waals surface area contributed by atoms with Gasteiger partial charge in [-0.2, -0.15) is 5.10 Å². The van der Waals surface area contributed by atoms with Crippen molar-refractivity contribution < 1.29 is 9.53 Å². The zero-order chi connectivity index (χ0) is 15.9. The number of carbonyl (C=O) groups excluding carboxylic acids is 1. The number of hydrazone groups is 1. The number of amides is 1. The Morgan fingerprint density at radius 1 is 1.45 bits per heavy atom. The maximum absolute atomic E-state index is 12.2. The van der Waals surface area contributed by atoms with Crippen molar-refractivity contribution >= 4 is 28.8 Å². The fourth-order valence-corrected chi connectivity index (χ4v) is 2.14. The summed E-state index contributed by atoms with van der Waals surface area (Å²) in [5.41, 5.74) is 6.96. The number of nitrogens with zero attached hydrogens (tertiary/aromatic N) is 4. The van der Waals surface area contributed by atoms with Crippen LogP contribution in [0.1, 0.15) is 0 Å². The molecule has 118 valence electrons. The van der Waals surface area contributed by atoms with Gasteiger partial charge in [0.15, 0.2) is 11.5 Å². The summed E-state index contributed by atoms with van der Waals surface area (Å²) in [6.07, 6.45) is 3.25. The summed E-state index contributed by atoms with van der Waals surface area (Å²) in [6.45, 7) is 2.77. The number of nitrogens with one attached hydrogen (secondary N) is 1. The molecule has 5 N–H and O–H groups in total. The smallest absolute Gasteiger partial charge is 0.277 e. The summed E-state index contributed by atoms with van der Waals surface area (Å²) in [7, 11) is 1.44. The van der Waals surface area contributed by atoms with Gasteiger partial charge in [-0.1, -0.05) is 0 Å². The van der Waals surface area contributed by atoms with Crippen molar-refractivity contribution in [2.75, 3.05) is 43.6 Å². The van der Waals surface area contributed by atoms with Gasteiger partial charge in [-0.15, -0.1) is 0 Å². The first-order chi connectivity index (χ1) is 10.7. The van der Waals surface area contributed by atoms with Gasteiger partial charge in [0.1, 0.15) is 0 Å². The average molecular weight is 305 g/mol. The quantitative estimate of drug-likeness (QED) is 0.288. The summed E-state index contributed by atoms with van der Waals surface area (Å²) in [4.78, 5) is 22.2. The van der Waals surface area contributed by atoms with Gasteiger partial charge in [-0.3, -0.25) is 14.8 Å². The standard InChI is InChI=1S/C13H19N7O2/c1-16-11(12(14)19-15)13(21)18-9-8-17-3-2-10(9)20-4-6-22-7-5-20/h2-3,8H,4-7,15H2,1H3,(H2,14,19)(H,18,21). The summed E-state index contributed by atoms with van der Waals surface area (Å²) in [6, 6.07) is 1.84. The molecule has 1 fully saturated rings. The molecule has 0 atom stereocenters. The first kappa shape index (κ1) is 15.7. The molecule has 9 nitrogen and oxygen atoms in total. The highest BCUT2D eigenvalue weighted by Crippen LogP contribution is 2.25. The van der Waals surface area contributed by atoms with Crippen molar-refractivity contribution in [3.05, 3.63) is 18.5 Å². The zero-order valence-electron chi connectivity index (χ0n) is 12.3. The van der Waals surface area contributed by atoms with E-state index in [4.69, 9.17) is 16.3 Å². The van der Waals surface area contributed by atoms with E-state index in [0.717, 1.165) is 18.8 Å². The lowest BCUT2D eigenvalue weighted by Crippen LogP contribution is -2.38. The van der Waals surface area contributed by atoms with Gasteiger partial charge >= 0.3 is 0 Å². The van der Waals surface area contributed by atoms with Gasteiger partial charge < -0.3 is 26.5 Å². The third-order valence-electron chi connectivity index (χ3n) is 3.22. The van der Waals surface area contributed by atoms with Crippen molar-refractivity contribution in [3.63, 3.8) is 0 Å². The monoisotopic (exact) mass is 305 g/mol. The number of ether oxygens (including phenoxy) is 1. The van der Waals surface area contributed by atoms with Gasteiger partial charge in [0, 0.05) is 26.3 Å². The Hall–Kier alpha value is -2.68. The predicted molar refractivity (Wildman–Crippen MR) is 85.1 cm³/mol. The molecule has 22 heavy (non-hydrogen) atoms. The molecule has 0 radical (unpaired) electrons. The largest absolute Gasteiger partial charge is 0.380 e. The Kier molecular flexibility index (Phi) is 5.26. The summed E-state index contributed by atoms with van der Waals surface area (Å²) in [5, 5.41) is 6.04. The first-order valence-corrected chi connectivity index (χ1v) is 6.76. The van der Waals surface area contributed by atoms with Gasteiger partial charge in [0.05, 0.1) is 30.8 Å². The number of carbonyl (C=O) groups is 1. The minimum Gasteiger partial charge on any atom is -0.380 e. The third kappa shape index (κ3) is 3.50. The Bertz CT molecular complexity index is 594. The van der Waals surface area contributed by atoms with Crippen LogP contribution < -0.4 is 21.8 Å². The van der Waals surface area contributed by atoms with Gasteiger partial charge in [0.25, 0.3) is 5.91 Å². The highest BCUT2D eigenvalue weighted by molar-refractivity contribution is 6.68. The number of hydrogen-bond acceptors (Lipinski definition) is 7. The lowest BCUT2D eigenvalue weighted by atomic mass is 10.2. The Balaban J connectivity index is 2.21. The van der Waals surface area contributed by atoms with Crippen LogP contribution in [0.25, 0.3) is 0 Å². The zero-order valence-corrected chi connectivity index (χ0v) is 12.3. The molecule has 0 bridgehead atoms. The molecule has 1 amide bonds. The molecular formula is C13H19N7O2. The molecule has 0 spiro atoms. The number of hydrogen-bond donors (Lipinski definition) is 3. The second-order valence-electron chi connectivity index (χ2n) is 4.53. The molecule has 2 heterocycles. The van der Waals surface area contributed by atoms with Crippen LogP contribution in [0.2, 0.25) is 0 Å². The van der Waals surface area contributed by atoms with Crippen molar-refractivity contribution in [2.45, 2.75) is 0 Å². The summed E-state index contributed by atoms with van der Waals surface area (Å²) in [5.74, 6) is 4.48. The fraction of sp³-hybridized carbons (Fsp3) is 0.385. The highest BCUT2D eigenvalue weighted by atomic mass is 16.5. The number of anilines is 2. The van der Waals surface area contributed by atoms with Crippen molar-refractivity contribution in [1.29, 1.82) is 0 Å². The molecule has 0 aliphatic carbocycles. The number of rotatable bonds is 4. The van der Waals surface area contributed by atoms with Crippen LogP contribution in [0.4, 0.5) is 11.4 Å². The van der Waals surface area contributed by atoms with E-state index < -0.39 is 5.91 Å². The topological polar surface area (TPSA) is 131 Å². The molecular weight excluding hydrogens is 286 g/mol. The van der Waals surface area contributed by atoms with Crippen LogP contribution in [0, 0.1) is 0 Å². The SMILES string of the molecule is CN=C(C(=O)Nc1cnccc1N1CCOCC1)/C(N)=N\N. The first-order valence-electron chi connectivity index (χ1n) is 6.76. The minimum atomic E-state index is -0.489. The van der Waals surface area contributed by atoms with Gasteiger partial charge in [-0.05, 0) is 6.07 Å². The molecule has 9 heteroatoms. The molecule has 1 aliphatic heterocycles. The van der Waals surface area contributed by atoms with Crippen LogP contribution in [-0.4, -0.2) is 55.8 Å². The van der Waals surface area contributed by atoms with E-state index in [1.165, 1.54) is 7.05 Å². The lowest BCUT2D eigenvalue weighted by molar-refractivity contribution is -0.110. The van der Waals surface area contributed by atoms with Crippen molar-refractivity contribution in [1.82, 2.24) is 4.98 Å². The molecule has 1 aliphatic rings. The van der Waals surface area contributed by atoms with E-state index in [1.54, 1.807) is 12.4 Å². The van der Waals surface area contributed by atoms with E-state index in [1.807, 2.05) is 6.07 Å². The minimum absolute atomic E-state index is 0.0284. The molecule has 0 aromatic carbocycles. The van der Waals surface area contributed by atoms with Gasteiger partial charge in [-0.25, -0.2) is 0 Å². The Morgan fingerprint density at radius 3 is 2.82 bits per heavy atom. The summed E-state index contributed by atoms with van der Waals surface area (Å²) >= 11 is 0. The number of amidine groups is 1. The molecule has 1 saturated heterocycles. The number of aromatic nitrogens is 1. The maximum Gasteiger partial charge on any atom is 0.277 e. The number of pyridine rings is 1. The van der Waals surface area contributed by atoms with E-state index >= 15 is 0 Å². The van der Waals surface area contributed by atoms with E-state index in [-0.39, 0.29) is 11.5 Å². The number of aliphatic imine (C=N–C) groups is 1. The van der Waals surface area contributed by atoms with Crippen molar-refractivity contribution in [3.8, 4) is 0 Å². The van der Waals surface area contributed by atoms with Crippen LogP contribution in [0.5, 0.6) is 0 Å². The van der Waals surface area contributed by atoms with E-state index in [0.29, 0.717) is 18.9 Å². The highest BCUT2D eigenvalue weighted by Gasteiger charge is 2.19. The number of nitrogens with two attached hydrogens (primary N) is 2. The molecule has 0 saturated carbocycles. The summed E-state index contributed by atoms with van der Waals surface area (Å²) < 4.78 is 5.33. The lowest BCUT2D eigenvalue weighted by Gasteiger charge is -2.30. The molecule has 0 unspecified atom stereocenters. The number of morpholine rings is 1. The van der Waals surface area contributed by atoms with E-state index in [2.05, 4.69) is 25.3 Å². The Labute approximate surface area is 128 Å². The fourth-order valence-electron chi connectivity index (χ4n) is 2.14. The third-order valence-corrected chi connectivity index (χ3v) is 3.22. The normalized spacial score (nSPS) is 16.5. The average Bonchev–Trinajstić information content (AvgIpc) is 2.56.